The van der Waals surface area contributed by atoms with Gasteiger partial charge in [-0.2, -0.15) is 0 Å². The van der Waals surface area contributed by atoms with Crippen molar-refractivity contribution in [2.24, 2.45) is 0 Å². The van der Waals surface area contributed by atoms with E-state index in [1.807, 2.05) is 20.0 Å². The first-order valence-electron chi connectivity index (χ1n) is 3.61. The second-order valence-electron chi connectivity index (χ2n) is 2.74. The van der Waals surface area contributed by atoms with Crippen LogP contribution in [0.25, 0.3) is 0 Å². The molecular weight excluding hydrogens is 239 g/mol. The van der Waals surface area contributed by atoms with E-state index in [0.717, 1.165) is 0 Å². The fourth-order valence-corrected chi connectivity index (χ4v) is 2.43. The maximum atomic E-state index is 5.51. The first-order valence-corrected chi connectivity index (χ1v) is 7.56. The van der Waals surface area contributed by atoms with Crippen LogP contribution < -0.4 is 0 Å². The Balaban J connectivity index is 3.75. The van der Waals surface area contributed by atoms with E-state index in [0.29, 0.717) is 6.61 Å². The average molecular weight is 252 g/mol. The molecule has 0 bridgehead atoms. The minimum atomic E-state index is -2.07. The van der Waals surface area contributed by atoms with Crippen LogP contribution in [0.4, 0.5) is 0 Å². The van der Waals surface area contributed by atoms with Gasteiger partial charge in [-0.15, -0.1) is 0 Å². The van der Waals surface area contributed by atoms with Gasteiger partial charge >= 0.3 is 8.56 Å². The monoisotopic (exact) mass is 250 g/mol. The van der Waals surface area contributed by atoms with Gasteiger partial charge in [-0.1, -0.05) is 34.8 Å². The second-order valence-corrected chi connectivity index (χ2v) is 8.63. The van der Waals surface area contributed by atoms with Gasteiger partial charge in [0.25, 0.3) is 0 Å². The van der Waals surface area contributed by atoms with E-state index in [2.05, 4.69) is 0 Å². The Kier molecular flexibility index (Phi) is 5.45. The Labute approximate surface area is 89.3 Å². The van der Waals surface area contributed by atoms with Gasteiger partial charge in [0.05, 0.1) is 6.61 Å². The summed E-state index contributed by atoms with van der Waals surface area (Å²) in [6, 6.07) is 0. The summed E-state index contributed by atoms with van der Waals surface area (Å²) < 4.78 is 9.37. The molecule has 12 heavy (non-hydrogen) atoms. The third kappa shape index (κ3) is 7.65. The summed E-state index contributed by atoms with van der Waals surface area (Å²) in [5.74, 6) is 0. The standard InChI is InChI=1S/C6H13Cl3O2Si/c1-4-10-12(2,3)11-5-6(7,8)9/h4-5H2,1-3H3. The molecule has 0 saturated heterocycles. The van der Waals surface area contributed by atoms with Gasteiger partial charge in [0, 0.05) is 6.61 Å². The summed E-state index contributed by atoms with van der Waals surface area (Å²) in [6.45, 7) is 6.43. The molecule has 0 aliphatic rings. The molecule has 0 radical (unpaired) electrons. The minimum absolute atomic E-state index is 0.0802. The van der Waals surface area contributed by atoms with Crippen molar-refractivity contribution in [1.82, 2.24) is 0 Å². The van der Waals surface area contributed by atoms with Crippen molar-refractivity contribution in [1.29, 1.82) is 0 Å². The van der Waals surface area contributed by atoms with Gasteiger partial charge in [-0.05, 0) is 20.0 Å². The molecule has 0 N–H and O–H groups in total. The largest absolute Gasteiger partial charge is 0.395 e. The van der Waals surface area contributed by atoms with E-state index in [4.69, 9.17) is 43.7 Å². The van der Waals surface area contributed by atoms with Crippen LogP contribution in [0.3, 0.4) is 0 Å². The van der Waals surface area contributed by atoms with Crippen LogP contribution in [0.5, 0.6) is 0 Å². The van der Waals surface area contributed by atoms with Gasteiger partial charge in [-0.25, -0.2) is 0 Å². The third-order valence-electron chi connectivity index (χ3n) is 1.08. The lowest BCUT2D eigenvalue weighted by atomic mass is 10.9. The molecule has 0 heterocycles. The Morgan fingerprint density at radius 1 is 1.17 bits per heavy atom. The maximum Gasteiger partial charge on any atom is 0.331 e. The van der Waals surface area contributed by atoms with E-state index in [-0.39, 0.29) is 6.61 Å². The lowest BCUT2D eigenvalue weighted by Crippen LogP contribution is -2.37. The molecule has 0 atom stereocenters. The van der Waals surface area contributed by atoms with Crippen LogP contribution in [0.2, 0.25) is 13.1 Å². The van der Waals surface area contributed by atoms with Crippen LogP contribution in [-0.4, -0.2) is 25.6 Å². The lowest BCUT2D eigenvalue weighted by Gasteiger charge is -2.24. The second kappa shape index (κ2) is 5.03. The fourth-order valence-electron chi connectivity index (χ4n) is 0.645. The van der Waals surface area contributed by atoms with E-state index in [9.17, 15) is 0 Å². The molecular formula is C6H13Cl3O2Si. The highest BCUT2D eigenvalue weighted by Crippen LogP contribution is 2.27. The predicted molar refractivity (Wildman–Crippen MR) is 55.4 cm³/mol. The number of hydrogen-bond donors (Lipinski definition) is 0. The molecule has 0 amide bonds. The number of hydrogen-bond acceptors (Lipinski definition) is 2. The predicted octanol–water partition coefficient (Wildman–Crippen LogP) is 3.11. The van der Waals surface area contributed by atoms with Crippen LogP contribution in [-0.2, 0) is 8.85 Å². The molecule has 0 aromatic carbocycles. The maximum absolute atomic E-state index is 5.51. The Morgan fingerprint density at radius 3 is 2.00 bits per heavy atom. The summed E-state index contributed by atoms with van der Waals surface area (Å²) in [5, 5.41) is 0. The first-order chi connectivity index (χ1) is 5.27. The van der Waals surface area contributed by atoms with Crippen molar-refractivity contribution in [3.8, 4) is 0 Å². The van der Waals surface area contributed by atoms with Gasteiger partial charge < -0.3 is 8.85 Å². The Morgan fingerprint density at radius 2 is 1.67 bits per heavy atom. The highest BCUT2D eigenvalue weighted by Gasteiger charge is 2.29. The van der Waals surface area contributed by atoms with E-state index >= 15 is 0 Å². The zero-order valence-electron chi connectivity index (χ0n) is 7.36. The van der Waals surface area contributed by atoms with Crippen LogP contribution in [0, 0.1) is 0 Å². The summed E-state index contributed by atoms with van der Waals surface area (Å²) in [7, 11) is -2.07. The quantitative estimate of drug-likeness (QED) is 0.565. The minimum Gasteiger partial charge on any atom is -0.395 e. The van der Waals surface area contributed by atoms with Crippen molar-refractivity contribution in [2.75, 3.05) is 13.2 Å². The Hall–Kier alpha value is 1.01. The topological polar surface area (TPSA) is 18.5 Å². The van der Waals surface area contributed by atoms with E-state index in [1.165, 1.54) is 0 Å². The number of halogens is 3. The zero-order chi connectivity index (χ0) is 9.83. The molecule has 0 fully saturated rings. The van der Waals surface area contributed by atoms with Gasteiger partial charge in [0.2, 0.25) is 3.79 Å². The van der Waals surface area contributed by atoms with Crippen molar-refractivity contribution in [3.05, 3.63) is 0 Å². The smallest absolute Gasteiger partial charge is 0.331 e. The molecule has 74 valence electrons. The molecule has 0 unspecified atom stereocenters. The number of rotatable bonds is 4. The molecule has 0 aliphatic carbocycles. The molecule has 0 aromatic heterocycles. The van der Waals surface area contributed by atoms with Gasteiger partial charge in [0.15, 0.2) is 0 Å². The molecule has 6 heteroatoms. The summed E-state index contributed by atoms with van der Waals surface area (Å²) in [6.07, 6.45) is 0. The molecule has 0 rings (SSSR count). The number of alkyl halides is 3. The molecule has 0 saturated carbocycles. The Bertz CT molecular complexity index is 135. The fraction of sp³-hybridized carbons (Fsp3) is 1.00. The van der Waals surface area contributed by atoms with Crippen LogP contribution >= 0.6 is 34.8 Å². The van der Waals surface area contributed by atoms with Crippen molar-refractivity contribution in [2.45, 2.75) is 23.8 Å². The SMILES string of the molecule is CCO[Si](C)(C)OCC(Cl)(Cl)Cl. The lowest BCUT2D eigenvalue weighted by molar-refractivity contribution is 0.190. The molecule has 0 aromatic rings. The van der Waals surface area contributed by atoms with Gasteiger partial charge in [-0.3, -0.25) is 0 Å². The highest BCUT2D eigenvalue weighted by molar-refractivity contribution is 6.68. The summed E-state index contributed by atoms with van der Waals surface area (Å²) >= 11 is 16.5. The van der Waals surface area contributed by atoms with Crippen molar-refractivity contribution in [3.63, 3.8) is 0 Å². The molecule has 0 spiro atoms. The first kappa shape index (κ1) is 13.0. The van der Waals surface area contributed by atoms with Gasteiger partial charge in [0.1, 0.15) is 0 Å². The van der Waals surface area contributed by atoms with Crippen molar-refractivity contribution < 1.29 is 8.85 Å². The van der Waals surface area contributed by atoms with E-state index in [1.54, 1.807) is 0 Å². The molecule has 2 nitrogen and oxygen atoms in total. The van der Waals surface area contributed by atoms with Crippen LogP contribution in [0.1, 0.15) is 6.92 Å². The molecule has 0 aliphatic heterocycles. The summed E-state index contributed by atoms with van der Waals surface area (Å²) in [5.41, 5.74) is 0. The van der Waals surface area contributed by atoms with Crippen LogP contribution in [0.15, 0.2) is 0 Å². The zero-order valence-corrected chi connectivity index (χ0v) is 10.6. The third-order valence-corrected chi connectivity index (χ3v) is 3.23. The van der Waals surface area contributed by atoms with E-state index < -0.39 is 12.4 Å². The summed E-state index contributed by atoms with van der Waals surface area (Å²) in [4.78, 5) is 0. The average Bonchev–Trinajstić information content (AvgIpc) is 1.83. The van der Waals surface area contributed by atoms with Crippen molar-refractivity contribution >= 4 is 43.4 Å². The normalized spacial score (nSPS) is 13.5. The highest BCUT2D eigenvalue weighted by atomic mass is 35.6.